The normalized spacial score (nSPS) is 14.9. The zero-order valence-electron chi connectivity index (χ0n) is 9.05. The summed E-state index contributed by atoms with van der Waals surface area (Å²) in [4.78, 5) is 20.9. The second-order valence-electron chi connectivity index (χ2n) is 4.35. The minimum Gasteiger partial charge on any atom is -0.466 e. The molecule has 0 aliphatic heterocycles. The molecule has 0 fully saturated rings. The highest BCUT2D eigenvalue weighted by atomic mass is 28.3. The number of esters is 1. The van der Waals surface area contributed by atoms with Crippen molar-refractivity contribution in [2.24, 2.45) is 0 Å². The molecule has 4 nitrogen and oxygen atoms in total. The number of ether oxygens (including phenoxy) is 1. The van der Waals surface area contributed by atoms with Crippen molar-refractivity contribution in [1.29, 1.82) is 0 Å². The Balaban J connectivity index is 3.42. The van der Waals surface area contributed by atoms with Gasteiger partial charge >= 0.3 is 12.4 Å². The topological polar surface area (TPSA) is 55.4 Å². The average molecular weight is 248 g/mol. The van der Waals surface area contributed by atoms with Crippen LogP contribution in [0, 0.1) is 0 Å². The third-order valence-corrected chi connectivity index (χ3v) is 2.29. The number of hydrogen-bond donors (Lipinski definition) is 1. The number of carbonyl (C=O) groups excluding carboxylic acids is 2. The van der Waals surface area contributed by atoms with Gasteiger partial charge in [-0.2, -0.15) is 0 Å². The van der Waals surface area contributed by atoms with Crippen LogP contribution in [0.3, 0.4) is 0 Å². The van der Waals surface area contributed by atoms with Crippen LogP contribution in [0.15, 0.2) is 0 Å². The first kappa shape index (κ1) is 13.6. The summed E-state index contributed by atoms with van der Waals surface area (Å²) in [5, 5.41) is 2.38. The van der Waals surface area contributed by atoms with E-state index in [0.29, 0.717) is 30.3 Å². The molecule has 0 rings (SSSR count). The Morgan fingerprint density at radius 1 is 1.43 bits per heavy atom. The summed E-state index contributed by atoms with van der Waals surface area (Å²) in [5.74, 6) is -0.148. The van der Waals surface area contributed by atoms with E-state index in [0.717, 1.165) is 30.7 Å². The van der Waals surface area contributed by atoms with Crippen LogP contribution >= 0.6 is 0 Å². The molecule has 0 aliphatic rings. The van der Waals surface area contributed by atoms with Crippen LogP contribution in [0.25, 0.3) is 0 Å². The Kier molecular flexibility index (Phi) is 6.76. The second-order valence-corrected chi connectivity index (χ2v) is 18.5. The smallest absolute Gasteiger partial charge is 0.309 e. The number of amides is 1. The van der Waals surface area contributed by atoms with Crippen molar-refractivity contribution in [2.45, 2.75) is 17.1 Å². The highest BCUT2D eigenvalue weighted by molar-refractivity contribution is 6.59. The second kappa shape index (κ2) is 6.96. The summed E-state index contributed by atoms with van der Waals surface area (Å²) in [6, 6.07) is 0. The molecule has 0 atom stereocenters. The number of hydrogen-bond acceptors (Lipinski definition) is 3. The van der Waals surface area contributed by atoms with Gasteiger partial charge in [-0.3, -0.25) is 9.59 Å². The van der Waals surface area contributed by atoms with Crippen molar-refractivity contribution in [1.82, 2.24) is 5.32 Å². The van der Waals surface area contributed by atoms with Crippen LogP contribution in [-0.2, 0) is 14.3 Å². The lowest BCUT2D eigenvalue weighted by Crippen LogP contribution is -2.23. The molecule has 0 unspecified atom stereocenters. The van der Waals surface area contributed by atoms with Gasteiger partial charge in [-0.25, -0.2) is 0 Å². The third-order valence-electron chi connectivity index (χ3n) is 1.42. The fourth-order valence-corrected chi connectivity index (χ4v) is 1.17. The first-order valence-corrected chi connectivity index (χ1v) is 7.71. The molecule has 0 aromatic heterocycles. The number of carbonyl (C=O) groups is 1. The third kappa shape index (κ3) is 9.68. The van der Waals surface area contributed by atoms with E-state index >= 15 is 0 Å². The van der Waals surface area contributed by atoms with Crippen LogP contribution in [0.5, 0.6) is 0 Å². The lowest BCUT2D eigenvalue weighted by molar-refractivity contribution is -0.143. The molecule has 0 bridgehead atoms. The molecule has 7 heteroatoms. The zero-order chi connectivity index (χ0) is 11.0. The lowest BCUT2D eigenvalue weighted by atomic mass is 10.3. The molecule has 81 valence electrons. The summed E-state index contributed by atoms with van der Waals surface area (Å²) in [6.07, 6.45) is 2.58. The maximum Gasteiger partial charge on any atom is 0.309 e. The Morgan fingerprint density at radius 2 is 2.07 bits per heavy atom. The standard InChI is InChI=1S/C7H18NO3Si3/c9-5-8-3-1-2-6(10)11-4-7(12,13)14/h1-4H2,12-14H3,(H,8,9). The molecule has 1 radical (unpaired) electrons. The molecule has 1 N–H and O–H groups in total. The Morgan fingerprint density at radius 3 is 2.57 bits per heavy atom. The molecular formula is C7H18NO3Si3. The van der Waals surface area contributed by atoms with Gasteiger partial charge in [0.15, 0.2) is 0 Å². The van der Waals surface area contributed by atoms with E-state index in [4.69, 9.17) is 4.74 Å². The summed E-state index contributed by atoms with van der Waals surface area (Å²) in [5.41, 5.74) is 0. The molecule has 0 aromatic carbocycles. The quantitative estimate of drug-likeness (QED) is 0.217. The minimum atomic E-state index is -0.148. The molecule has 14 heavy (non-hydrogen) atoms. The predicted octanol–water partition coefficient (Wildman–Crippen LogP) is -3.86. The molecule has 1 amide bonds. The van der Waals surface area contributed by atoms with E-state index in [-0.39, 0.29) is 5.97 Å². The van der Waals surface area contributed by atoms with E-state index in [1.165, 1.54) is 0 Å². The van der Waals surface area contributed by atoms with Crippen LogP contribution in [0.2, 0.25) is 4.28 Å². The van der Waals surface area contributed by atoms with Crippen molar-refractivity contribution in [2.75, 3.05) is 13.2 Å². The van der Waals surface area contributed by atoms with Crippen LogP contribution < -0.4 is 5.32 Å². The number of nitrogens with one attached hydrogen (secondary N) is 1. The summed E-state index contributed by atoms with van der Waals surface area (Å²) < 4.78 is 5.55. The van der Waals surface area contributed by atoms with Crippen molar-refractivity contribution in [3.05, 3.63) is 0 Å². The Labute approximate surface area is 93.4 Å². The molecule has 0 heterocycles. The SMILES string of the molecule is O=[C]NCCCC(=O)OCC([SiH3])([SiH3])[SiH3]. The van der Waals surface area contributed by atoms with Crippen LogP contribution in [-0.4, -0.2) is 56.3 Å². The van der Waals surface area contributed by atoms with Crippen molar-refractivity contribution < 1.29 is 14.3 Å². The van der Waals surface area contributed by atoms with Gasteiger partial charge in [0.2, 0.25) is 0 Å². The van der Waals surface area contributed by atoms with Gasteiger partial charge in [0, 0.05) is 43.7 Å². The van der Waals surface area contributed by atoms with Gasteiger partial charge in [0.05, 0.1) is 6.61 Å². The molecular weight excluding hydrogens is 230 g/mol. The summed E-state index contributed by atoms with van der Waals surface area (Å²) in [6.45, 7) is 1.11. The van der Waals surface area contributed by atoms with Crippen molar-refractivity contribution >= 4 is 43.1 Å². The zero-order valence-corrected chi connectivity index (χ0v) is 15.1. The van der Waals surface area contributed by atoms with E-state index < -0.39 is 0 Å². The molecule has 0 aliphatic carbocycles. The molecule has 0 spiro atoms. The predicted molar refractivity (Wildman–Crippen MR) is 66.4 cm³/mol. The maximum absolute atomic E-state index is 11.2. The molecule has 0 saturated carbocycles. The first-order valence-electron chi connectivity index (χ1n) is 4.71. The van der Waals surface area contributed by atoms with Gasteiger partial charge in [-0.1, -0.05) is 0 Å². The van der Waals surface area contributed by atoms with Gasteiger partial charge in [0.25, 0.3) is 0 Å². The maximum atomic E-state index is 11.2. The van der Waals surface area contributed by atoms with Gasteiger partial charge in [0.1, 0.15) is 0 Å². The fraction of sp³-hybridized carbons (Fsp3) is 0.714. The van der Waals surface area contributed by atoms with Gasteiger partial charge < -0.3 is 10.1 Å². The summed E-state index contributed by atoms with van der Waals surface area (Å²) in [7, 11) is 3.37. The Hall–Kier alpha value is -0.409. The van der Waals surface area contributed by atoms with E-state index in [9.17, 15) is 9.59 Å². The number of rotatable bonds is 7. The monoisotopic (exact) mass is 248 g/mol. The van der Waals surface area contributed by atoms with Gasteiger partial charge in [-0.15, -0.1) is 0 Å². The Bertz CT molecular complexity index is 193. The largest absolute Gasteiger partial charge is 0.466 e. The van der Waals surface area contributed by atoms with Crippen LogP contribution in [0.4, 0.5) is 0 Å². The molecule has 0 aromatic rings. The van der Waals surface area contributed by atoms with Gasteiger partial charge in [-0.05, 0) is 10.7 Å². The fourth-order valence-electron chi connectivity index (χ4n) is 0.741. The van der Waals surface area contributed by atoms with Crippen molar-refractivity contribution in [3.63, 3.8) is 0 Å². The van der Waals surface area contributed by atoms with Crippen molar-refractivity contribution in [3.8, 4) is 0 Å². The minimum absolute atomic E-state index is 0.148. The van der Waals surface area contributed by atoms with E-state index in [2.05, 4.69) is 5.32 Å². The highest BCUT2D eigenvalue weighted by Crippen LogP contribution is 2.08. The van der Waals surface area contributed by atoms with E-state index in [1.807, 2.05) is 0 Å². The average Bonchev–Trinajstić information content (AvgIpc) is 2.08. The van der Waals surface area contributed by atoms with E-state index in [1.54, 1.807) is 6.41 Å². The van der Waals surface area contributed by atoms with Crippen LogP contribution in [0.1, 0.15) is 12.8 Å². The highest BCUT2D eigenvalue weighted by Gasteiger charge is 2.13. The summed E-state index contributed by atoms with van der Waals surface area (Å²) >= 11 is 0. The first-order chi connectivity index (χ1) is 6.45. The lowest BCUT2D eigenvalue weighted by Gasteiger charge is -2.17. The molecule has 0 saturated heterocycles.